The van der Waals surface area contributed by atoms with E-state index >= 15 is 0 Å². The summed E-state index contributed by atoms with van der Waals surface area (Å²) in [4.78, 5) is 6.78. The SMILES string of the molecule is Cc1nnc(NCc2ccc(N3CCO[C@H](C)C3)nc2)c(C#N)c1C. The maximum Gasteiger partial charge on any atom is 0.167 e. The summed E-state index contributed by atoms with van der Waals surface area (Å²) in [6, 6.07) is 6.26. The average molecular weight is 338 g/mol. The summed E-state index contributed by atoms with van der Waals surface area (Å²) in [5, 5.41) is 20.7. The standard InChI is InChI=1S/C18H22N6O/c1-12-11-24(6-7-25-12)17-5-4-15(9-20-17)10-21-18-16(8-19)13(2)14(3)22-23-18/h4-5,9,12H,6-7,10-11H2,1-3H3,(H,21,23)/t12-/m1/s1. The molecule has 2 aromatic rings. The van der Waals surface area contributed by atoms with Crippen molar-refractivity contribution in [2.75, 3.05) is 29.9 Å². The van der Waals surface area contributed by atoms with Crippen LogP contribution in [0.4, 0.5) is 11.6 Å². The highest BCUT2D eigenvalue weighted by atomic mass is 16.5. The van der Waals surface area contributed by atoms with Gasteiger partial charge in [-0.3, -0.25) is 0 Å². The number of ether oxygens (including phenoxy) is 1. The number of aromatic nitrogens is 3. The molecule has 0 aromatic carbocycles. The van der Waals surface area contributed by atoms with E-state index in [2.05, 4.69) is 38.4 Å². The zero-order valence-electron chi connectivity index (χ0n) is 14.8. The van der Waals surface area contributed by atoms with Crippen molar-refractivity contribution in [3.05, 3.63) is 40.7 Å². The molecule has 0 spiro atoms. The van der Waals surface area contributed by atoms with Crippen LogP contribution in [0, 0.1) is 25.2 Å². The molecule has 1 N–H and O–H groups in total. The van der Waals surface area contributed by atoms with E-state index in [0.717, 1.165) is 42.3 Å². The van der Waals surface area contributed by atoms with Crippen molar-refractivity contribution in [2.45, 2.75) is 33.4 Å². The molecule has 0 aliphatic carbocycles. The summed E-state index contributed by atoms with van der Waals surface area (Å²) < 4.78 is 5.56. The highest BCUT2D eigenvalue weighted by Crippen LogP contribution is 2.19. The van der Waals surface area contributed by atoms with Crippen molar-refractivity contribution >= 4 is 11.6 Å². The number of nitrogens with zero attached hydrogens (tertiary/aromatic N) is 5. The maximum absolute atomic E-state index is 9.34. The molecule has 7 heteroatoms. The zero-order valence-corrected chi connectivity index (χ0v) is 14.8. The van der Waals surface area contributed by atoms with Crippen molar-refractivity contribution in [1.82, 2.24) is 15.2 Å². The Bertz CT molecular complexity index is 783. The zero-order chi connectivity index (χ0) is 17.8. The summed E-state index contributed by atoms with van der Waals surface area (Å²) >= 11 is 0. The number of nitrogens with one attached hydrogen (secondary N) is 1. The Morgan fingerprint density at radius 2 is 2.20 bits per heavy atom. The Kier molecular flexibility index (Phi) is 5.10. The van der Waals surface area contributed by atoms with Gasteiger partial charge in [0.05, 0.1) is 18.4 Å². The van der Waals surface area contributed by atoms with Gasteiger partial charge in [0.2, 0.25) is 0 Å². The molecular formula is C18H22N6O. The van der Waals surface area contributed by atoms with Gasteiger partial charge < -0.3 is 15.0 Å². The van der Waals surface area contributed by atoms with E-state index in [9.17, 15) is 5.26 Å². The van der Waals surface area contributed by atoms with Crippen LogP contribution in [0.15, 0.2) is 18.3 Å². The Morgan fingerprint density at radius 1 is 1.36 bits per heavy atom. The van der Waals surface area contributed by atoms with Crippen LogP contribution in [0.3, 0.4) is 0 Å². The number of hydrogen-bond acceptors (Lipinski definition) is 7. The fraction of sp³-hybridized carbons (Fsp3) is 0.444. The fourth-order valence-corrected chi connectivity index (χ4v) is 2.79. The lowest BCUT2D eigenvalue weighted by Gasteiger charge is -2.32. The fourth-order valence-electron chi connectivity index (χ4n) is 2.79. The molecule has 1 atom stereocenters. The topological polar surface area (TPSA) is 87.0 Å². The van der Waals surface area contributed by atoms with Gasteiger partial charge >= 0.3 is 0 Å². The first-order chi connectivity index (χ1) is 12.1. The van der Waals surface area contributed by atoms with Crippen LogP contribution < -0.4 is 10.2 Å². The van der Waals surface area contributed by atoms with E-state index in [4.69, 9.17) is 4.74 Å². The second-order valence-corrected chi connectivity index (χ2v) is 6.25. The highest BCUT2D eigenvalue weighted by Gasteiger charge is 2.17. The molecule has 0 amide bonds. The smallest absolute Gasteiger partial charge is 0.167 e. The highest BCUT2D eigenvalue weighted by molar-refractivity contribution is 5.56. The third kappa shape index (κ3) is 3.86. The molecule has 25 heavy (non-hydrogen) atoms. The van der Waals surface area contributed by atoms with Crippen molar-refractivity contribution in [2.24, 2.45) is 0 Å². The maximum atomic E-state index is 9.34. The predicted octanol–water partition coefficient (Wildman–Crippen LogP) is 2.20. The first kappa shape index (κ1) is 17.1. The molecule has 1 aliphatic heterocycles. The minimum absolute atomic E-state index is 0.227. The molecular weight excluding hydrogens is 316 g/mol. The summed E-state index contributed by atoms with van der Waals surface area (Å²) in [5.41, 5.74) is 3.19. The molecule has 3 heterocycles. The molecule has 1 fully saturated rings. The van der Waals surface area contributed by atoms with Crippen molar-refractivity contribution in [3.63, 3.8) is 0 Å². The Balaban J connectivity index is 1.67. The molecule has 2 aromatic heterocycles. The summed E-state index contributed by atoms with van der Waals surface area (Å²) in [5.74, 6) is 1.47. The second kappa shape index (κ2) is 7.45. The van der Waals surface area contributed by atoms with Crippen LogP contribution in [0.5, 0.6) is 0 Å². The first-order valence-electron chi connectivity index (χ1n) is 8.38. The van der Waals surface area contributed by atoms with Gasteiger partial charge in [-0.1, -0.05) is 6.07 Å². The number of hydrogen-bond donors (Lipinski definition) is 1. The monoisotopic (exact) mass is 338 g/mol. The lowest BCUT2D eigenvalue weighted by atomic mass is 10.1. The second-order valence-electron chi connectivity index (χ2n) is 6.25. The third-order valence-corrected chi connectivity index (χ3v) is 4.40. The Labute approximate surface area is 147 Å². The largest absolute Gasteiger partial charge is 0.375 e. The quantitative estimate of drug-likeness (QED) is 0.914. The summed E-state index contributed by atoms with van der Waals surface area (Å²) in [6.45, 7) is 8.79. The first-order valence-corrected chi connectivity index (χ1v) is 8.38. The molecule has 1 aliphatic rings. The molecule has 0 bridgehead atoms. The van der Waals surface area contributed by atoms with Crippen molar-refractivity contribution < 1.29 is 4.74 Å². The predicted molar refractivity (Wildman–Crippen MR) is 95.4 cm³/mol. The molecule has 130 valence electrons. The minimum Gasteiger partial charge on any atom is -0.375 e. The number of rotatable bonds is 4. The van der Waals surface area contributed by atoms with E-state index in [1.165, 1.54) is 0 Å². The van der Waals surface area contributed by atoms with Gasteiger partial charge in [0.25, 0.3) is 0 Å². The summed E-state index contributed by atoms with van der Waals surface area (Å²) in [7, 11) is 0. The number of pyridine rings is 1. The van der Waals surface area contributed by atoms with Gasteiger partial charge in [0.1, 0.15) is 17.5 Å². The summed E-state index contributed by atoms with van der Waals surface area (Å²) in [6.07, 6.45) is 2.08. The molecule has 0 unspecified atom stereocenters. The van der Waals surface area contributed by atoms with Crippen LogP contribution in [0.25, 0.3) is 0 Å². The molecule has 0 saturated carbocycles. The van der Waals surface area contributed by atoms with Crippen LogP contribution >= 0.6 is 0 Å². The lowest BCUT2D eigenvalue weighted by Crippen LogP contribution is -2.41. The lowest BCUT2D eigenvalue weighted by molar-refractivity contribution is 0.0529. The van der Waals surface area contributed by atoms with E-state index in [0.29, 0.717) is 17.9 Å². The van der Waals surface area contributed by atoms with Gasteiger partial charge in [-0.25, -0.2) is 4.98 Å². The van der Waals surface area contributed by atoms with Crippen LogP contribution in [0.2, 0.25) is 0 Å². The number of anilines is 2. The van der Waals surface area contributed by atoms with Gasteiger partial charge in [-0.05, 0) is 38.0 Å². The third-order valence-electron chi connectivity index (χ3n) is 4.40. The molecule has 3 rings (SSSR count). The van der Waals surface area contributed by atoms with E-state index in [1.807, 2.05) is 32.2 Å². The van der Waals surface area contributed by atoms with E-state index in [-0.39, 0.29) is 6.10 Å². The van der Waals surface area contributed by atoms with Crippen LogP contribution in [-0.4, -0.2) is 41.0 Å². The van der Waals surface area contributed by atoms with Crippen molar-refractivity contribution in [3.8, 4) is 6.07 Å². The molecule has 0 radical (unpaired) electrons. The minimum atomic E-state index is 0.227. The van der Waals surface area contributed by atoms with Gasteiger partial charge in [-0.15, -0.1) is 5.10 Å². The average Bonchev–Trinajstić information content (AvgIpc) is 2.63. The number of morpholine rings is 1. The molecule has 1 saturated heterocycles. The number of nitriles is 1. The van der Waals surface area contributed by atoms with Crippen molar-refractivity contribution in [1.29, 1.82) is 5.26 Å². The van der Waals surface area contributed by atoms with Gasteiger partial charge in [0, 0.05) is 25.8 Å². The Morgan fingerprint density at radius 3 is 2.88 bits per heavy atom. The van der Waals surface area contributed by atoms with Gasteiger partial charge in [0.15, 0.2) is 5.82 Å². The normalized spacial score (nSPS) is 17.2. The van der Waals surface area contributed by atoms with E-state index in [1.54, 1.807) is 0 Å². The number of aryl methyl sites for hydroxylation is 1. The van der Waals surface area contributed by atoms with Crippen LogP contribution in [0.1, 0.15) is 29.3 Å². The van der Waals surface area contributed by atoms with E-state index < -0.39 is 0 Å². The molecule has 7 nitrogen and oxygen atoms in total. The van der Waals surface area contributed by atoms with Gasteiger partial charge in [-0.2, -0.15) is 10.4 Å². The Hall–Kier alpha value is -2.72. The van der Waals surface area contributed by atoms with Crippen LogP contribution in [-0.2, 0) is 11.3 Å².